The molecule has 19 heavy (non-hydrogen) atoms. The summed E-state index contributed by atoms with van der Waals surface area (Å²) >= 11 is 6.86. The average molecular weight is 301 g/mol. The summed E-state index contributed by atoms with van der Waals surface area (Å²) in [6.45, 7) is 2.50. The molecule has 0 heterocycles. The second-order valence-electron chi connectivity index (χ2n) is 3.97. The number of hydrogen-bond donors (Lipinski definition) is 0. The summed E-state index contributed by atoms with van der Waals surface area (Å²) in [6.07, 6.45) is 2.13. The number of hydrogen-bond acceptors (Lipinski definition) is 4. The average Bonchev–Trinajstić information content (AvgIpc) is 2.39. The van der Waals surface area contributed by atoms with E-state index in [4.69, 9.17) is 16.3 Å². The Morgan fingerprint density at radius 3 is 2.58 bits per heavy atom. The number of ether oxygens (including phenoxy) is 1. The fourth-order valence-corrected chi connectivity index (χ4v) is 2.18. The molecule has 0 saturated heterocycles. The van der Waals surface area contributed by atoms with Crippen molar-refractivity contribution in [3.8, 4) is 0 Å². The Morgan fingerprint density at radius 1 is 1.26 bits per heavy atom. The van der Waals surface area contributed by atoms with Gasteiger partial charge in [-0.2, -0.15) is 0 Å². The lowest BCUT2D eigenvalue weighted by Crippen LogP contribution is -2.07. The van der Waals surface area contributed by atoms with E-state index in [2.05, 4.69) is 0 Å². The zero-order valence-corrected chi connectivity index (χ0v) is 12.4. The molecule has 0 atom stereocenters. The number of carbonyl (C=O) groups excluding carboxylic acids is 2. The third kappa shape index (κ3) is 6.64. The van der Waals surface area contributed by atoms with Crippen molar-refractivity contribution in [1.29, 1.82) is 0 Å². The molecule has 0 spiro atoms. The number of thioether (sulfide) groups is 1. The van der Waals surface area contributed by atoms with Crippen molar-refractivity contribution in [3.63, 3.8) is 0 Å². The van der Waals surface area contributed by atoms with Gasteiger partial charge in [0, 0.05) is 16.3 Å². The van der Waals surface area contributed by atoms with E-state index in [9.17, 15) is 9.59 Å². The largest absolute Gasteiger partial charge is 0.466 e. The highest BCUT2D eigenvalue weighted by Gasteiger charge is 2.08. The molecule has 0 aromatic heterocycles. The maximum absolute atomic E-state index is 11.8. The van der Waals surface area contributed by atoms with E-state index in [1.54, 1.807) is 24.3 Å². The van der Waals surface area contributed by atoms with E-state index in [1.165, 1.54) is 0 Å². The highest BCUT2D eigenvalue weighted by molar-refractivity contribution is 8.14. The molecule has 1 rings (SSSR count). The molecule has 1 aromatic rings. The highest BCUT2D eigenvalue weighted by atomic mass is 35.5. The van der Waals surface area contributed by atoms with Crippen LogP contribution in [0.1, 0.15) is 36.5 Å². The smallest absolute Gasteiger partial charge is 0.306 e. The normalized spacial score (nSPS) is 10.2. The van der Waals surface area contributed by atoms with Gasteiger partial charge in [-0.05, 0) is 30.7 Å². The van der Waals surface area contributed by atoms with Crippen molar-refractivity contribution < 1.29 is 14.3 Å². The van der Waals surface area contributed by atoms with Crippen molar-refractivity contribution in [2.75, 3.05) is 12.4 Å². The number of esters is 1. The van der Waals surface area contributed by atoms with Gasteiger partial charge in [-0.15, -0.1) is 0 Å². The van der Waals surface area contributed by atoms with Crippen molar-refractivity contribution in [2.24, 2.45) is 0 Å². The summed E-state index contributed by atoms with van der Waals surface area (Å²) in [6, 6.07) is 6.71. The van der Waals surface area contributed by atoms with Crippen LogP contribution < -0.4 is 0 Å². The first-order valence-electron chi connectivity index (χ1n) is 6.21. The topological polar surface area (TPSA) is 43.4 Å². The first kappa shape index (κ1) is 16.1. The minimum atomic E-state index is -0.246. The molecule has 0 N–H and O–H groups in total. The molecule has 0 radical (unpaired) electrons. The van der Waals surface area contributed by atoms with Crippen LogP contribution >= 0.6 is 23.4 Å². The lowest BCUT2D eigenvalue weighted by Gasteiger charge is -2.03. The molecule has 3 nitrogen and oxygen atoms in total. The summed E-state index contributed by atoms with van der Waals surface area (Å²) in [7, 11) is 0. The van der Waals surface area contributed by atoms with Crippen LogP contribution in [0.2, 0.25) is 5.02 Å². The van der Waals surface area contributed by atoms with Gasteiger partial charge < -0.3 is 4.74 Å². The van der Waals surface area contributed by atoms with E-state index in [0.717, 1.165) is 24.6 Å². The number of halogens is 1. The third-order valence-electron chi connectivity index (χ3n) is 2.38. The van der Waals surface area contributed by atoms with Crippen LogP contribution in [0.25, 0.3) is 0 Å². The number of rotatable bonds is 7. The summed E-state index contributed by atoms with van der Waals surface area (Å²) in [5, 5.41) is 0.541. The lowest BCUT2D eigenvalue weighted by molar-refractivity contribution is -0.143. The first-order valence-corrected chi connectivity index (χ1v) is 7.58. The van der Waals surface area contributed by atoms with Gasteiger partial charge in [-0.25, -0.2) is 0 Å². The van der Waals surface area contributed by atoms with Crippen LogP contribution in [-0.2, 0) is 9.53 Å². The molecule has 5 heteroatoms. The van der Waals surface area contributed by atoms with Gasteiger partial charge in [-0.3, -0.25) is 9.59 Å². The van der Waals surface area contributed by atoms with Crippen LogP contribution in [0.4, 0.5) is 0 Å². The van der Waals surface area contributed by atoms with Gasteiger partial charge in [0.2, 0.25) is 5.12 Å². The van der Waals surface area contributed by atoms with E-state index >= 15 is 0 Å². The Labute approximate surface area is 122 Å². The van der Waals surface area contributed by atoms with Gasteiger partial charge in [0.1, 0.15) is 0 Å². The van der Waals surface area contributed by atoms with Crippen molar-refractivity contribution in [1.82, 2.24) is 0 Å². The highest BCUT2D eigenvalue weighted by Crippen LogP contribution is 2.16. The van der Waals surface area contributed by atoms with Crippen LogP contribution in [-0.4, -0.2) is 23.4 Å². The first-order chi connectivity index (χ1) is 9.13. The number of unbranched alkanes of at least 4 members (excludes halogenated alkanes) is 1. The fourth-order valence-electron chi connectivity index (χ4n) is 1.30. The SMILES string of the molecule is CCCCOC(=O)CCSC(=O)c1ccc(Cl)cc1. The Morgan fingerprint density at radius 2 is 1.95 bits per heavy atom. The van der Waals surface area contributed by atoms with E-state index in [-0.39, 0.29) is 17.5 Å². The summed E-state index contributed by atoms with van der Waals surface area (Å²) in [5.74, 6) is 0.191. The maximum atomic E-state index is 11.8. The Bertz CT molecular complexity index is 417. The van der Waals surface area contributed by atoms with Gasteiger partial charge in [0.25, 0.3) is 0 Å². The molecule has 0 aliphatic carbocycles. The second kappa shape index (κ2) is 8.99. The molecule has 0 bridgehead atoms. The molecule has 0 aliphatic heterocycles. The van der Waals surface area contributed by atoms with Gasteiger partial charge in [0.15, 0.2) is 0 Å². The van der Waals surface area contributed by atoms with E-state index in [0.29, 0.717) is 22.9 Å². The molecule has 104 valence electrons. The molecule has 0 unspecified atom stereocenters. The third-order valence-corrected chi connectivity index (χ3v) is 3.54. The van der Waals surface area contributed by atoms with E-state index < -0.39 is 0 Å². The molecule has 0 amide bonds. The van der Waals surface area contributed by atoms with Crippen molar-refractivity contribution in [3.05, 3.63) is 34.9 Å². The van der Waals surface area contributed by atoms with E-state index in [1.807, 2.05) is 6.92 Å². The zero-order valence-electron chi connectivity index (χ0n) is 10.9. The molecule has 0 fully saturated rings. The minimum absolute atomic E-state index is 0.0574. The minimum Gasteiger partial charge on any atom is -0.466 e. The molecule has 0 saturated carbocycles. The predicted octanol–water partition coefficient (Wildman–Crippen LogP) is 3.95. The standard InChI is InChI=1S/C14H17ClO3S/c1-2-3-9-18-13(16)8-10-19-14(17)11-4-6-12(15)7-5-11/h4-7H,2-3,8-10H2,1H3. The Hall–Kier alpha value is -1.00. The van der Waals surface area contributed by atoms with Crippen molar-refractivity contribution in [2.45, 2.75) is 26.2 Å². The molecular formula is C14H17ClO3S. The zero-order chi connectivity index (χ0) is 14.1. The number of carbonyl (C=O) groups is 2. The number of benzene rings is 1. The van der Waals surface area contributed by atoms with Crippen molar-refractivity contribution >= 4 is 34.4 Å². The second-order valence-corrected chi connectivity index (χ2v) is 5.47. The van der Waals surface area contributed by atoms with Crippen LogP contribution in [0.15, 0.2) is 24.3 Å². The molecule has 1 aromatic carbocycles. The maximum Gasteiger partial charge on any atom is 0.306 e. The quantitative estimate of drug-likeness (QED) is 0.565. The summed E-state index contributed by atoms with van der Waals surface area (Å²) in [4.78, 5) is 23.1. The lowest BCUT2D eigenvalue weighted by atomic mass is 10.2. The van der Waals surface area contributed by atoms with Crippen LogP contribution in [0.5, 0.6) is 0 Å². The van der Waals surface area contributed by atoms with Gasteiger partial charge in [0.05, 0.1) is 13.0 Å². The van der Waals surface area contributed by atoms with Gasteiger partial charge >= 0.3 is 5.97 Å². The Kier molecular flexibility index (Phi) is 7.60. The molecule has 0 aliphatic rings. The summed E-state index contributed by atoms with van der Waals surface area (Å²) < 4.78 is 5.00. The van der Waals surface area contributed by atoms with Crippen LogP contribution in [0, 0.1) is 0 Å². The van der Waals surface area contributed by atoms with Crippen LogP contribution in [0.3, 0.4) is 0 Å². The molecular weight excluding hydrogens is 284 g/mol. The summed E-state index contributed by atoms with van der Waals surface area (Å²) in [5.41, 5.74) is 0.591. The van der Waals surface area contributed by atoms with Gasteiger partial charge in [-0.1, -0.05) is 36.7 Å². The predicted molar refractivity (Wildman–Crippen MR) is 78.7 cm³/mol. The Balaban J connectivity index is 2.23. The fraction of sp³-hybridized carbons (Fsp3) is 0.429. The monoisotopic (exact) mass is 300 g/mol.